The normalized spacial score (nSPS) is 7.57. The fourth-order valence-electron chi connectivity index (χ4n) is 0.255. The molecule has 2 nitrogen and oxygen atoms in total. The van der Waals surface area contributed by atoms with Crippen LogP contribution in [0.25, 0.3) is 0 Å². The third kappa shape index (κ3) is 2.20. The van der Waals surface area contributed by atoms with Crippen molar-refractivity contribution >= 4 is 0 Å². The van der Waals surface area contributed by atoms with Crippen LogP contribution in [0.4, 0.5) is 0 Å². The summed E-state index contributed by atoms with van der Waals surface area (Å²) in [5.41, 5.74) is 0. The van der Waals surface area contributed by atoms with Gasteiger partial charge in [0.25, 0.3) is 0 Å². The van der Waals surface area contributed by atoms with Crippen molar-refractivity contribution in [1.29, 1.82) is 0 Å². The molecule has 35 valence electrons. The molecule has 1 aromatic heterocycles. The van der Waals surface area contributed by atoms with Gasteiger partial charge in [-0.25, -0.2) is 0 Å². The second-order valence-electron chi connectivity index (χ2n) is 0.996. The summed E-state index contributed by atoms with van der Waals surface area (Å²) in [5.74, 6) is 0.662. The van der Waals surface area contributed by atoms with Gasteiger partial charge in [0, 0.05) is 38.6 Å². The van der Waals surface area contributed by atoms with E-state index in [0.29, 0.717) is 5.89 Å². The van der Waals surface area contributed by atoms with Crippen LogP contribution < -0.4 is 0 Å². The molecule has 7 heavy (non-hydrogen) atoms. The number of hydrogen-bond donors (Lipinski definition) is 0. The van der Waals surface area contributed by atoms with Gasteiger partial charge >= 0.3 is 0 Å². The number of rotatable bonds is 0. The molecule has 0 bridgehead atoms. The van der Waals surface area contributed by atoms with Gasteiger partial charge in [0.2, 0.25) is 0 Å². The number of aryl methyl sites for hydroxylation is 1. The van der Waals surface area contributed by atoms with Crippen molar-refractivity contribution in [2.45, 2.75) is 6.92 Å². The minimum absolute atomic E-state index is 0. The van der Waals surface area contributed by atoms with Gasteiger partial charge in [0.15, 0.2) is 0 Å². The Labute approximate surface area is 67.2 Å². The Morgan fingerprint density at radius 1 is 1.86 bits per heavy atom. The zero-order valence-corrected chi connectivity index (χ0v) is 6.85. The topological polar surface area (TPSA) is 26.0 Å². The summed E-state index contributed by atoms with van der Waals surface area (Å²) in [4.78, 5) is 3.62. The average molecular weight is 171 g/mol. The molecule has 0 atom stereocenters. The molecule has 0 saturated carbocycles. The second kappa shape index (κ2) is 3.33. The molecule has 0 aliphatic rings. The number of hydrogen-bond acceptors (Lipinski definition) is 2. The van der Waals surface area contributed by atoms with E-state index in [1.54, 1.807) is 6.92 Å². The van der Waals surface area contributed by atoms with E-state index in [1.165, 1.54) is 6.26 Å². The molecular weight excluding hydrogens is 167 g/mol. The van der Waals surface area contributed by atoms with Gasteiger partial charge in [-0.15, -0.1) is 6.20 Å². The zero-order chi connectivity index (χ0) is 4.41. The van der Waals surface area contributed by atoms with Gasteiger partial charge in [-0.05, 0) is 6.26 Å². The monoisotopic (exact) mass is 171 g/mol. The third-order valence-corrected chi connectivity index (χ3v) is 0.504. The van der Waals surface area contributed by atoms with Crippen molar-refractivity contribution < 1.29 is 37.1 Å². The molecule has 0 aliphatic carbocycles. The molecule has 0 saturated heterocycles. The van der Waals surface area contributed by atoms with E-state index < -0.39 is 0 Å². The Balaban J connectivity index is 0.000000360. The Morgan fingerprint density at radius 3 is 2.71 bits per heavy atom. The van der Waals surface area contributed by atoms with Crippen molar-refractivity contribution in [2.75, 3.05) is 0 Å². The maximum absolute atomic E-state index is 4.67. The summed E-state index contributed by atoms with van der Waals surface area (Å²) in [6.45, 7) is 1.77. The summed E-state index contributed by atoms with van der Waals surface area (Å²) in [6, 6.07) is 0. The first-order valence-electron chi connectivity index (χ1n) is 1.68. The molecule has 1 heterocycles. The van der Waals surface area contributed by atoms with Crippen LogP contribution in [0.5, 0.6) is 0 Å². The number of oxazole rings is 1. The molecule has 3 heteroatoms. The van der Waals surface area contributed by atoms with Crippen LogP contribution in [0, 0.1) is 13.1 Å². The largest absolute Gasteiger partial charge is 0.554 e. The van der Waals surface area contributed by atoms with Gasteiger partial charge in [-0.1, -0.05) is 6.92 Å². The predicted octanol–water partition coefficient (Wildman–Crippen LogP) is 0.781. The third-order valence-electron chi connectivity index (χ3n) is 0.504. The summed E-state index contributed by atoms with van der Waals surface area (Å²) in [5, 5.41) is 0. The van der Waals surface area contributed by atoms with Crippen molar-refractivity contribution in [3.8, 4) is 0 Å². The summed E-state index contributed by atoms with van der Waals surface area (Å²) >= 11 is 0. The molecule has 1 radical (unpaired) electrons. The van der Waals surface area contributed by atoms with Gasteiger partial charge in [0.05, 0.1) is 0 Å². The minimum atomic E-state index is 0. The standard InChI is InChI=1S/C4H4NO.Y/c1-4-5-2-3-6-4;/h3H,1H3;/q-1;. The van der Waals surface area contributed by atoms with E-state index in [0.717, 1.165) is 0 Å². The van der Waals surface area contributed by atoms with E-state index >= 15 is 0 Å². The Bertz CT molecular complexity index is 115. The Kier molecular flexibility index (Phi) is 3.48. The molecule has 1 aromatic rings. The summed E-state index contributed by atoms with van der Waals surface area (Å²) in [7, 11) is 0. The number of nitrogens with zero attached hydrogens (tertiary/aromatic N) is 1. The first-order chi connectivity index (χ1) is 2.89. The van der Waals surface area contributed by atoms with Crippen molar-refractivity contribution in [2.24, 2.45) is 0 Å². The van der Waals surface area contributed by atoms with Crippen LogP contribution in [-0.2, 0) is 32.7 Å². The van der Waals surface area contributed by atoms with Crippen LogP contribution in [0.3, 0.4) is 0 Å². The second-order valence-corrected chi connectivity index (χ2v) is 0.996. The predicted molar refractivity (Wildman–Crippen MR) is 20.1 cm³/mol. The van der Waals surface area contributed by atoms with Gasteiger partial charge in [-0.3, -0.25) is 0 Å². The molecule has 0 amide bonds. The van der Waals surface area contributed by atoms with E-state index in [1.807, 2.05) is 0 Å². The molecule has 0 fully saturated rings. The molecular formula is C4H4NOY-. The molecule has 0 aliphatic heterocycles. The Hall–Kier alpha value is 0.314. The molecule has 0 unspecified atom stereocenters. The van der Waals surface area contributed by atoms with Gasteiger partial charge in [-0.2, -0.15) is 0 Å². The van der Waals surface area contributed by atoms with E-state index in [9.17, 15) is 0 Å². The molecule has 0 aromatic carbocycles. The maximum Gasteiger partial charge on any atom is 0.0319 e. The minimum Gasteiger partial charge on any atom is -0.554 e. The summed E-state index contributed by atoms with van der Waals surface area (Å²) in [6.07, 6.45) is 3.94. The van der Waals surface area contributed by atoms with Crippen molar-refractivity contribution in [1.82, 2.24) is 4.98 Å². The van der Waals surface area contributed by atoms with Crippen LogP contribution in [0.1, 0.15) is 5.89 Å². The van der Waals surface area contributed by atoms with Crippen molar-refractivity contribution in [3.05, 3.63) is 18.4 Å². The molecule has 0 spiro atoms. The van der Waals surface area contributed by atoms with Crippen LogP contribution in [0.2, 0.25) is 0 Å². The van der Waals surface area contributed by atoms with Crippen LogP contribution >= 0.6 is 0 Å². The fourth-order valence-corrected chi connectivity index (χ4v) is 0.255. The first-order valence-corrected chi connectivity index (χ1v) is 1.68. The fraction of sp³-hybridized carbons (Fsp3) is 0.250. The zero-order valence-electron chi connectivity index (χ0n) is 4.01. The van der Waals surface area contributed by atoms with Crippen LogP contribution in [-0.4, -0.2) is 4.98 Å². The number of aromatic nitrogens is 1. The average Bonchev–Trinajstić information content (AvgIpc) is 1.86. The van der Waals surface area contributed by atoms with E-state index in [-0.39, 0.29) is 32.7 Å². The van der Waals surface area contributed by atoms with Gasteiger partial charge < -0.3 is 9.40 Å². The van der Waals surface area contributed by atoms with E-state index in [2.05, 4.69) is 15.6 Å². The van der Waals surface area contributed by atoms with Crippen molar-refractivity contribution in [3.63, 3.8) is 0 Å². The van der Waals surface area contributed by atoms with Crippen LogP contribution in [0.15, 0.2) is 10.7 Å². The quantitative estimate of drug-likeness (QED) is 0.539. The van der Waals surface area contributed by atoms with E-state index in [4.69, 9.17) is 0 Å². The summed E-state index contributed by atoms with van der Waals surface area (Å²) < 4.78 is 4.67. The first kappa shape index (κ1) is 7.31. The Morgan fingerprint density at radius 2 is 2.57 bits per heavy atom. The van der Waals surface area contributed by atoms with Gasteiger partial charge in [0.1, 0.15) is 0 Å². The smallest absolute Gasteiger partial charge is 0.0319 e. The maximum atomic E-state index is 4.67. The molecule has 1 rings (SSSR count). The SMILES string of the molecule is Cc1n[c-]co1.[Y]. The molecule has 0 N–H and O–H groups in total.